The molecule has 144 valence electrons. The summed E-state index contributed by atoms with van der Waals surface area (Å²) in [5, 5.41) is 2.78. The Morgan fingerprint density at radius 2 is 2.07 bits per heavy atom. The minimum atomic E-state index is -3.61. The number of nitrogens with zero attached hydrogens (tertiary/aromatic N) is 2. The Labute approximate surface area is 160 Å². The van der Waals surface area contributed by atoms with Gasteiger partial charge in [-0.15, -0.1) is 0 Å². The van der Waals surface area contributed by atoms with E-state index in [1.807, 2.05) is 25.1 Å². The highest BCUT2D eigenvalue weighted by Gasteiger charge is 2.32. The van der Waals surface area contributed by atoms with Crippen LogP contribution in [0.25, 0.3) is 0 Å². The second kappa shape index (κ2) is 8.63. The average molecular weight is 388 g/mol. The predicted molar refractivity (Wildman–Crippen MR) is 104 cm³/mol. The van der Waals surface area contributed by atoms with Crippen LogP contribution in [0.5, 0.6) is 0 Å². The first-order chi connectivity index (χ1) is 13.0. The molecule has 2 heterocycles. The number of aromatic nitrogens is 1. The van der Waals surface area contributed by atoms with Gasteiger partial charge in [0.1, 0.15) is 0 Å². The van der Waals surface area contributed by atoms with Crippen LogP contribution in [0.4, 0.5) is 0 Å². The van der Waals surface area contributed by atoms with Crippen LogP contribution in [-0.2, 0) is 16.6 Å². The van der Waals surface area contributed by atoms with E-state index in [0.717, 1.165) is 31.4 Å². The molecule has 1 aliphatic heterocycles. The van der Waals surface area contributed by atoms with Gasteiger partial charge in [0.25, 0.3) is 5.91 Å². The molecule has 7 heteroatoms. The fraction of sp³-hybridized carbons (Fsp3) is 0.400. The van der Waals surface area contributed by atoms with Crippen molar-refractivity contribution in [2.45, 2.75) is 50.1 Å². The van der Waals surface area contributed by atoms with Crippen LogP contribution in [-0.4, -0.2) is 36.2 Å². The molecule has 1 aromatic carbocycles. The van der Waals surface area contributed by atoms with Crippen molar-refractivity contribution in [1.29, 1.82) is 0 Å². The Hall–Kier alpha value is -2.25. The van der Waals surface area contributed by atoms with Gasteiger partial charge in [0.05, 0.1) is 17.1 Å². The first-order valence-corrected chi connectivity index (χ1v) is 10.8. The summed E-state index contributed by atoms with van der Waals surface area (Å²) in [5.74, 6) is -0.316. The van der Waals surface area contributed by atoms with E-state index in [4.69, 9.17) is 0 Å². The van der Waals surface area contributed by atoms with Crippen LogP contribution in [0, 0.1) is 0 Å². The molecule has 3 rings (SSSR count). The maximum Gasteiger partial charge on any atom is 0.251 e. The summed E-state index contributed by atoms with van der Waals surface area (Å²) in [7, 11) is -3.61. The zero-order valence-electron chi connectivity index (χ0n) is 15.5. The SMILES string of the molecule is CCC1CCCCN1S(=O)(=O)c1cccc(C(=O)NCc2ccccn2)c1. The molecule has 0 radical (unpaired) electrons. The highest BCUT2D eigenvalue weighted by atomic mass is 32.2. The van der Waals surface area contributed by atoms with Gasteiger partial charge in [-0.05, 0) is 49.6 Å². The largest absolute Gasteiger partial charge is 0.346 e. The standard InChI is InChI=1S/C20H25N3O3S/c1-2-18-10-4-6-13-23(18)27(25,26)19-11-7-8-16(14-19)20(24)22-15-17-9-3-5-12-21-17/h3,5,7-9,11-12,14,18H,2,4,6,10,13,15H2,1H3,(H,22,24). The lowest BCUT2D eigenvalue weighted by atomic mass is 10.0. The number of pyridine rings is 1. The maximum atomic E-state index is 13.1. The highest BCUT2D eigenvalue weighted by molar-refractivity contribution is 7.89. The molecule has 1 saturated heterocycles. The number of hydrogen-bond acceptors (Lipinski definition) is 4. The van der Waals surface area contributed by atoms with Crippen molar-refractivity contribution < 1.29 is 13.2 Å². The number of carbonyl (C=O) groups is 1. The zero-order valence-corrected chi connectivity index (χ0v) is 16.3. The predicted octanol–water partition coefficient (Wildman–Crippen LogP) is 2.96. The lowest BCUT2D eigenvalue weighted by Gasteiger charge is -2.34. The molecule has 27 heavy (non-hydrogen) atoms. The minimum absolute atomic E-state index is 0.0328. The smallest absolute Gasteiger partial charge is 0.251 e. The first-order valence-electron chi connectivity index (χ1n) is 9.32. The van der Waals surface area contributed by atoms with Gasteiger partial charge in [0, 0.05) is 24.3 Å². The average Bonchev–Trinajstić information content (AvgIpc) is 2.72. The lowest BCUT2D eigenvalue weighted by Crippen LogP contribution is -2.43. The van der Waals surface area contributed by atoms with E-state index < -0.39 is 10.0 Å². The third-order valence-electron chi connectivity index (χ3n) is 4.90. The molecule has 2 aromatic rings. The van der Waals surface area contributed by atoms with Crippen LogP contribution >= 0.6 is 0 Å². The van der Waals surface area contributed by atoms with Gasteiger partial charge in [-0.3, -0.25) is 9.78 Å². The van der Waals surface area contributed by atoms with Crippen molar-refractivity contribution in [3.63, 3.8) is 0 Å². The number of hydrogen-bond donors (Lipinski definition) is 1. The number of amides is 1. The monoisotopic (exact) mass is 387 g/mol. The normalized spacial score (nSPS) is 18.2. The van der Waals surface area contributed by atoms with Crippen molar-refractivity contribution in [2.24, 2.45) is 0 Å². The van der Waals surface area contributed by atoms with Gasteiger partial charge >= 0.3 is 0 Å². The van der Waals surface area contributed by atoms with Gasteiger partial charge < -0.3 is 5.32 Å². The molecule has 1 aliphatic rings. The fourth-order valence-corrected chi connectivity index (χ4v) is 5.22. The molecule has 0 aliphatic carbocycles. The molecule has 1 unspecified atom stereocenters. The van der Waals surface area contributed by atoms with E-state index in [9.17, 15) is 13.2 Å². The van der Waals surface area contributed by atoms with Crippen LogP contribution in [0.3, 0.4) is 0 Å². The number of carbonyl (C=O) groups excluding carboxylic acids is 1. The molecule has 1 amide bonds. The van der Waals surface area contributed by atoms with Crippen LogP contribution < -0.4 is 5.32 Å². The quantitative estimate of drug-likeness (QED) is 0.826. The lowest BCUT2D eigenvalue weighted by molar-refractivity contribution is 0.0950. The molecule has 6 nitrogen and oxygen atoms in total. The van der Waals surface area contributed by atoms with E-state index in [-0.39, 0.29) is 16.8 Å². The second-order valence-electron chi connectivity index (χ2n) is 6.71. The van der Waals surface area contributed by atoms with Gasteiger partial charge in [-0.25, -0.2) is 8.42 Å². The number of piperidine rings is 1. The Morgan fingerprint density at radius 1 is 1.22 bits per heavy atom. The van der Waals surface area contributed by atoms with Gasteiger partial charge in [0.2, 0.25) is 10.0 Å². The van der Waals surface area contributed by atoms with E-state index >= 15 is 0 Å². The Balaban J connectivity index is 1.77. The van der Waals surface area contributed by atoms with Crippen molar-refractivity contribution in [3.05, 3.63) is 59.9 Å². The van der Waals surface area contributed by atoms with E-state index in [1.165, 1.54) is 6.07 Å². The summed E-state index contributed by atoms with van der Waals surface area (Å²) in [5.41, 5.74) is 1.07. The summed E-state index contributed by atoms with van der Waals surface area (Å²) in [4.78, 5) is 16.8. The van der Waals surface area contributed by atoms with Crippen molar-refractivity contribution >= 4 is 15.9 Å². The zero-order chi connectivity index (χ0) is 19.3. The van der Waals surface area contributed by atoms with Gasteiger partial charge in [-0.1, -0.05) is 25.5 Å². The summed E-state index contributed by atoms with van der Waals surface area (Å²) in [6.45, 7) is 2.84. The maximum absolute atomic E-state index is 13.1. The van der Waals surface area contributed by atoms with Crippen molar-refractivity contribution in [3.8, 4) is 0 Å². The minimum Gasteiger partial charge on any atom is -0.346 e. The highest BCUT2D eigenvalue weighted by Crippen LogP contribution is 2.27. The van der Waals surface area contributed by atoms with E-state index in [1.54, 1.807) is 28.7 Å². The van der Waals surface area contributed by atoms with Crippen molar-refractivity contribution in [2.75, 3.05) is 6.54 Å². The Kier molecular flexibility index (Phi) is 6.23. The topological polar surface area (TPSA) is 79.4 Å². The molecule has 0 spiro atoms. The number of rotatable bonds is 6. The second-order valence-corrected chi connectivity index (χ2v) is 8.60. The number of sulfonamides is 1. The Bertz CT molecular complexity index is 884. The van der Waals surface area contributed by atoms with E-state index in [0.29, 0.717) is 18.7 Å². The summed E-state index contributed by atoms with van der Waals surface area (Å²) in [6.07, 6.45) is 5.28. The molecule has 0 bridgehead atoms. The summed E-state index contributed by atoms with van der Waals surface area (Å²) < 4.78 is 27.8. The molecule has 1 aromatic heterocycles. The van der Waals surface area contributed by atoms with E-state index in [2.05, 4.69) is 10.3 Å². The van der Waals surface area contributed by atoms with Crippen LogP contribution in [0.2, 0.25) is 0 Å². The molecular weight excluding hydrogens is 362 g/mol. The van der Waals surface area contributed by atoms with Gasteiger partial charge in [0.15, 0.2) is 0 Å². The first kappa shape index (κ1) is 19.5. The fourth-order valence-electron chi connectivity index (χ4n) is 3.41. The third kappa shape index (κ3) is 4.54. The van der Waals surface area contributed by atoms with Crippen LogP contribution in [0.15, 0.2) is 53.6 Å². The number of nitrogens with one attached hydrogen (secondary N) is 1. The number of benzene rings is 1. The molecule has 1 atom stereocenters. The molecule has 0 saturated carbocycles. The molecule has 1 fully saturated rings. The van der Waals surface area contributed by atoms with Gasteiger partial charge in [-0.2, -0.15) is 4.31 Å². The molecule has 1 N–H and O–H groups in total. The Morgan fingerprint density at radius 3 is 2.81 bits per heavy atom. The summed E-state index contributed by atoms with van der Waals surface area (Å²) >= 11 is 0. The third-order valence-corrected chi connectivity index (χ3v) is 6.85. The summed E-state index contributed by atoms with van der Waals surface area (Å²) in [6, 6.07) is 11.8. The van der Waals surface area contributed by atoms with Crippen LogP contribution in [0.1, 0.15) is 48.7 Å². The molecular formula is C20H25N3O3S. The van der Waals surface area contributed by atoms with Crippen molar-refractivity contribution in [1.82, 2.24) is 14.6 Å².